The second-order valence-corrected chi connectivity index (χ2v) is 4.73. The van der Waals surface area contributed by atoms with Crippen LogP contribution in [0.5, 0.6) is 0 Å². The molecule has 0 bridgehead atoms. The molecule has 0 heterocycles. The number of carbonyl (C=O) groups excluding carboxylic acids is 1. The number of benzene rings is 1. The molecule has 2 nitrogen and oxygen atoms in total. The lowest BCUT2D eigenvalue weighted by Crippen LogP contribution is -2.11. The number of ether oxygens (including phenoxy) is 1. The average Bonchev–Trinajstić information content (AvgIpc) is 2.45. The van der Waals surface area contributed by atoms with E-state index in [1.165, 1.54) is 19.2 Å². The lowest BCUT2D eigenvalue weighted by Gasteiger charge is -2.19. The maximum absolute atomic E-state index is 12.5. The highest BCUT2D eigenvalue weighted by Gasteiger charge is 2.30. The van der Waals surface area contributed by atoms with Gasteiger partial charge in [0.2, 0.25) is 0 Å². The van der Waals surface area contributed by atoms with Gasteiger partial charge >= 0.3 is 12.1 Å². The highest BCUT2D eigenvalue weighted by Crippen LogP contribution is 2.35. The van der Waals surface area contributed by atoms with Crippen LogP contribution in [0.3, 0.4) is 0 Å². The first kappa shape index (κ1) is 14.6. The van der Waals surface area contributed by atoms with Crippen LogP contribution in [-0.2, 0) is 15.7 Å². The molecule has 0 amide bonds. The Hall–Kier alpha value is -1.78. The predicted molar refractivity (Wildman–Crippen MR) is 68.8 cm³/mol. The monoisotopic (exact) mass is 284 g/mol. The molecule has 5 heteroatoms. The third-order valence-corrected chi connectivity index (χ3v) is 3.46. The number of rotatable bonds is 2. The Kier molecular flexibility index (Phi) is 4.16. The second-order valence-electron chi connectivity index (χ2n) is 4.73. The van der Waals surface area contributed by atoms with Gasteiger partial charge < -0.3 is 4.74 Å². The number of esters is 1. The molecule has 108 valence electrons. The summed E-state index contributed by atoms with van der Waals surface area (Å²) in [5, 5.41) is 0. The summed E-state index contributed by atoms with van der Waals surface area (Å²) in [4.78, 5) is 11.7. The lowest BCUT2D eigenvalue weighted by molar-refractivity contribution is -0.138. The fourth-order valence-corrected chi connectivity index (χ4v) is 2.43. The molecule has 0 N–H and O–H groups in total. The van der Waals surface area contributed by atoms with Gasteiger partial charge in [-0.3, -0.25) is 0 Å². The first-order valence-electron chi connectivity index (χ1n) is 6.41. The molecule has 1 aliphatic carbocycles. The van der Waals surface area contributed by atoms with Crippen LogP contribution >= 0.6 is 0 Å². The van der Waals surface area contributed by atoms with E-state index in [4.69, 9.17) is 4.74 Å². The lowest BCUT2D eigenvalue weighted by atomic mass is 9.87. The quantitative estimate of drug-likeness (QED) is 0.761. The maximum atomic E-state index is 12.5. The predicted octanol–water partition coefficient (Wildman–Crippen LogP) is 4.21. The normalized spacial score (nSPS) is 16.2. The van der Waals surface area contributed by atoms with Crippen molar-refractivity contribution in [3.63, 3.8) is 0 Å². The molecule has 0 saturated carbocycles. The van der Waals surface area contributed by atoms with Crippen molar-refractivity contribution in [2.24, 2.45) is 0 Å². The van der Waals surface area contributed by atoms with Crippen LogP contribution in [0.2, 0.25) is 0 Å². The summed E-state index contributed by atoms with van der Waals surface area (Å²) in [6.07, 6.45) is -1.21. The Labute approximate surface area is 115 Å². The number of hydrogen-bond donors (Lipinski definition) is 0. The van der Waals surface area contributed by atoms with Gasteiger partial charge in [-0.2, -0.15) is 13.2 Å². The van der Waals surface area contributed by atoms with Crippen molar-refractivity contribution in [1.82, 2.24) is 0 Å². The van der Waals surface area contributed by atoms with E-state index >= 15 is 0 Å². The molecule has 0 unspecified atom stereocenters. The number of carbonyl (C=O) groups is 1. The molecular formula is C15H15F3O2. The van der Waals surface area contributed by atoms with Crippen LogP contribution in [0.4, 0.5) is 13.2 Å². The minimum Gasteiger partial charge on any atom is -0.466 e. The molecule has 2 rings (SSSR count). The number of hydrogen-bond acceptors (Lipinski definition) is 2. The fourth-order valence-electron chi connectivity index (χ4n) is 2.43. The third-order valence-electron chi connectivity index (χ3n) is 3.46. The van der Waals surface area contributed by atoms with Crippen LogP contribution < -0.4 is 0 Å². The first-order valence-corrected chi connectivity index (χ1v) is 6.41. The van der Waals surface area contributed by atoms with Gasteiger partial charge in [-0.15, -0.1) is 0 Å². The standard InChI is InChI=1S/C15H15F3O2/c1-20-14(19)13-5-3-2-4-12(13)10-6-8-11(9-7-10)15(16,17)18/h6-9H,2-5H2,1H3. The Morgan fingerprint density at radius 2 is 1.70 bits per heavy atom. The van der Waals surface area contributed by atoms with Crippen LogP contribution in [0.1, 0.15) is 36.8 Å². The van der Waals surface area contributed by atoms with E-state index in [0.717, 1.165) is 30.5 Å². The summed E-state index contributed by atoms with van der Waals surface area (Å²) in [6.45, 7) is 0. The second kappa shape index (κ2) is 5.69. The summed E-state index contributed by atoms with van der Waals surface area (Å²) in [7, 11) is 1.31. The SMILES string of the molecule is COC(=O)C1=C(c2ccc(C(F)(F)F)cc2)CCCC1. The molecule has 0 saturated heterocycles. The van der Waals surface area contributed by atoms with Gasteiger partial charge in [-0.1, -0.05) is 12.1 Å². The minimum absolute atomic E-state index is 0.389. The van der Waals surface area contributed by atoms with E-state index in [0.29, 0.717) is 24.0 Å². The largest absolute Gasteiger partial charge is 0.466 e. The van der Waals surface area contributed by atoms with E-state index in [-0.39, 0.29) is 5.97 Å². The smallest absolute Gasteiger partial charge is 0.416 e. The van der Waals surface area contributed by atoms with Gasteiger partial charge in [0.05, 0.1) is 12.7 Å². The zero-order chi connectivity index (χ0) is 14.8. The number of methoxy groups -OCH3 is 1. The molecule has 1 aromatic carbocycles. The summed E-state index contributed by atoms with van der Waals surface area (Å²) < 4.78 is 42.3. The van der Waals surface area contributed by atoms with E-state index in [2.05, 4.69) is 0 Å². The molecule has 0 radical (unpaired) electrons. The Morgan fingerprint density at radius 3 is 2.25 bits per heavy atom. The Morgan fingerprint density at radius 1 is 1.10 bits per heavy atom. The van der Waals surface area contributed by atoms with Gasteiger partial charge in [-0.05, 0) is 49.0 Å². The van der Waals surface area contributed by atoms with Gasteiger partial charge in [0, 0.05) is 5.57 Å². The molecule has 1 aliphatic rings. The number of halogens is 3. The van der Waals surface area contributed by atoms with Crippen molar-refractivity contribution in [3.05, 3.63) is 41.0 Å². The van der Waals surface area contributed by atoms with E-state index < -0.39 is 11.7 Å². The molecule has 0 aromatic heterocycles. The zero-order valence-electron chi connectivity index (χ0n) is 11.1. The van der Waals surface area contributed by atoms with Crippen molar-refractivity contribution in [1.29, 1.82) is 0 Å². The van der Waals surface area contributed by atoms with Crippen molar-refractivity contribution in [2.45, 2.75) is 31.9 Å². The summed E-state index contributed by atoms with van der Waals surface area (Å²) in [6, 6.07) is 4.94. The molecule has 0 spiro atoms. The minimum atomic E-state index is -4.34. The van der Waals surface area contributed by atoms with Crippen LogP contribution in [-0.4, -0.2) is 13.1 Å². The Bertz CT molecular complexity index is 527. The van der Waals surface area contributed by atoms with Crippen LogP contribution in [0.25, 0.3) is 5.57 Å². The molecule has 0 fully saturated rings. The van der Waals surface area contributed by atoms with Crippen molar-refractivity contribution < 1.29 is 22.7 Å². The Balaban J connectivity index is 2.38. The zero-order valence-corrected chi connectivity index (χ0v) is 11.1. The van der Waals surface area contributed by atoms with Crippen molar-refractivity contribution in [2.75, 3.05) is 7.11 Å². The van der Waals surface area contributed by atoms with Gasteiger partial charge in [-0.25, -0.2) is 4.79 Å². The summed E-state index contributed by atoms with van der Waals surface area (Å²) in [5.41, 5.74) is 1.37. The molecule has 0 atom stereocenters. The van der Waals surface area contributed by atoms with Crippen LogP contribution in [0, 0.1) is 0 Å². The van der Waals surface area contributed by atoms with E-state index in [1.807, 2.05) is 0 Å². The highest BCUT2D eigenvalue weighted by atomic mass is 19.4. The topological polar surface area (TPSA) is 26.3 Å². The van der Waals surface area contributed by atoms with Gasteiger partial charge in [0.25, 0.3) is 0 Å². The van der Waals surface area contributed by atoms with Crippen LogP contribution in [0.15, 0.2) is 29.8 Å². The highest BCUT2D eigenvalue weighted by molar-refractivity contribution is 5.98. The summed E-state index contributed by atoms with van der Waals surface area (Å²) >= 11 is 0. The molecule has 20 heavy (non-hydrogen) atoms. The summed E-state index contributed by atoms with van der Waals surface area (Å²) in [5.74, 6) is -0.389. The third kappa shape index (κ3) is 3.03. The van der Waals surface area contributed by atoms with Crippen molar-refractivity contribution in [3.8, 4) is 0 Å². The van der Waals surface area contributed by atoms with Gasteiger partial charge in [0.15, 0.2) is 0 Å². The van der Waals surface area contributed by atoms with E-state index in [1.54, 1.807) is 0 Å². The first-order chi connectivity index (χ1) is 9.43. The maximum Gasteiger partial charge on any atom is 0.416 e. The number of allylic oxidation sites excluding steroid dienone is 1. The molecule has 1 aromatic rings. The van der Waals surface area contributed by atoms with Gasteiger partial charge in [0.1, 0.15) is 0 Å². The molecule has 0 aliphatic heterocycles. The van der Waals surface area contributed by atoms with E-state index in [9.17, 15) is 18.0 Å². The average molecular weight is 284 g/mol. The van der Waals surface area contributed by atoms with Crippen molar-refractivity contribution >= 4 is 11.5 Å². The molecular weight excluding hydrogens is 269 g/mol. The number of alkyl halides is 3. The fraction of sp³-hybridized carbons (Fsp3) is 0.400.